The van der Waals surface area contributed by atoms with Gasteiger partial charge in [-0.25, -0.2) is 14.3 Å². The summed E-state index contributed by atoms with van der Waals surface area (Å²) in [5.74, 6) is -1.05. The van der Waals surface area contributed by atoms with E-state index in [0.717, 1.165) is 24.2 Å². The highest BCUT2D eigenvalue weighted by molar-refractivity contribution is 5.86. The van der Waals surface area contributed by atoms with Crippen LogP contribution in [0.4, 0.5) is 0 Å². The van der Waals surface area contributed by atoms with Gasteiger partial charge in [0, 0.05) is 30.1 Å². The summed E-state index contributed by atoms with van der Waals surface area (Å²) in [4.78, 5) is 17.9. The first-order chi connectivity index (χ1) is 12.1. The largest absolute Gasteiger partial charge is 0.476 e. The van der Waals surface area contributed by atoms with Gasteiger partial charge in [0.2, 0.25) is 0 Å². The maximum Gasteiger partial charge on any atom is 0.356 e. The van der Waals surface area contributed by atoms with E-state index in [2.05, 4.69) is 40.1 Å². The van der Waals surface area contributed by atoms with Crippen LogP contribution in [-0.4, -0.2) is 43.7 Å². The van der Waals surface area contributed by atoms with Crippen LogP contribution >= 0.6 is 0 Å². The maximum absolute atomic E-state index is 11.1. The van der Waals surface area contributed by atoms with Crippen molar-refractivity contribution in [2.24, 2.45) is 0 Å². The van der Waals surface area contributed by atoms with Gasteiger partial charge in [0.1, 0.15) is 0 Å². The number of aromatic nitrogens is 3. The van der Waals surface area contributed by atoms with Crippen molar-refractivity contribution in [3.8, 4) is 11.1 Å². The second-order valence-corrected chi connectivity index (χ2v) is 6.52. The van der Waals surface area contributed by atoms with Crippen LogP contribution in [0.1, 0.15) is 41.9 Å². The van der Waals surface area contributed by atoms with E-state index in [1.54, 1.807) is 6.20 Å². The number of carbonyl (C=O) groups is 1. The van der Waals surface area contributed by atoms with E-state index in [1.165, 1.54) is 29.0 Å². The molecule has 1 unspecified atom stereocenters. The molecular formula is C19H20N4O2. The maximum atomic E-state index is 11.1. The number of hydrogen-bond acceptors (Lipinski definition) is 4. The Morgan fingerprint density at radius 3 is 2.76 bits per heavy atom. The van der Waals surface area contributed by atoms with Crippen molar-refractivity contribution < 1.29 is 9.90 Å². The summed E-state index contributed by atoms with van der Waals surface area (Å²) in [7, 11) is 0. The Balaban J connectivity index is 1.68. The molecule has 128 valence electrons. The molecule has 1 saturated heterocycles. The molecule has 1 aromatic carbocycles. The van der Waals surface area contributed by atoms with E-state index < -0.39 is 5.97 Å². The molecule has 1 atom stereocenters. The third-order valence-electron chi connectivity index (χ3n) is 4.92. The average Bonchev–Trinajstić information content (AvgIpc) is 3.30. The predicted octanol–water partition coefficient (Wildman–Crippen LogP) is 3.25. The second kappa shape index (κ2) is 6.29. The number of hydrogen-bond donors (Lipinski definition) is 1. The number of rotatable bonds is 4. The van der Waals surface area contributed by atoms with Crippen molar-refractivity contribution in [3.05, 3.63) is 54.0 Å². The van der Waals surface area contributed by atoms with Gasteiger partial charge in [-0.05, 0) is 50.0 Å². The first-order valence-corrected chi connectivity index (χ1v) is 8.55. The highest BCUT2D eigenvalue weighted by Gasteiger charge is 2.19. The Labute approximate surface area is 145 Å². The lowest BCUT2D eigenvalue weighted by atomic mass is 10.0. The molecule has 1 aliphatic heterocycles. The number of carboxylic acid groups (broad SMARTS) is 1. The Kier molecular flexibility index (Phi) is 3.97. The van der Waals surface area contributed by atoms with Crippen LogP contribution in [0.5, 0.6) is 0 Å². The van der Waals surface area contributed by atoms with Crippen molar-refractivity contribution in [1.29, 1.82) is 0 Å². The highest BCUT2D eigenvalue weighted by Crippen LogP contribution is 2.28. The number of carboxylic acids is 1. The first-order valence-electron chi connectivity index (χ1n) is 8.55. The molecule has 0 aliphatic carbocycles. The number of likely N-dealkylation sites (tertiary alicyclic amines) is 1. The average molecular weight is 336 g/mol. The Bertz CT molecular complexity index is 928. The highest BCUT2D eigenvalue weighted by atomic mass is 16.4. The summed E-state index contributed by atoms with van der Waals surface area (Å²) in [5.41, 5.74) is 3.79. The van der Waals surface area contributed by atoms with E-state index in [0.29, 0.717) is 11.7 Å². The molecular weight excluding hydrogens is 316 g/mol. The van der Waals surface area contributed by atoms with Crippen molar-refractivity contribution in [3.63, 3.8) is 0 Å². The fourth-order valence-corrected chi connectivity index (χ4v) is 3.45. The lowest BCUT2D eigenvalue weighted by molar-refractivity contribution is 0.0690. The molecule has 6 nitrogen and oxygen atoms in total. The van der Waals surface area contributed by atoms with Crippen LogP contribution in [0.25, 0.3) is 16.8 Å². The summed E-state index contributed by atoms with van der Waals surface area (Å²) in [6.07, 6.45) is 6.14. The number of fused-ring (bicyclic) bond motifs is 1. The van der Waals surface area contributed by atoms with Crippen LogP contribution in [0.2, 0.25) is 0 Å². The van der Waals surface area contributed by atoms with Crippen LogP contribution in [0, 0.1) is 0 Å². The van der Waals surface area contributed by atoms with Gasteiger partial charge in [0.15, 0.2) is 11.3 Å². The second-order valence-electron chi connectivity index (χ2n) is 6.52. The van der Waals surface area contributed by atoms with Crippen molar-refractivity contribution >= 4 is 11.6 Å². The lowest BCUT2D eigenvalue weighted by Crippen LogP contribution is -2.23. The van der Waals surface area contributed by atoms with Gasteiger partial charge in [-0.15, -0.1) is 0 Å². The van der Waals surface area contributed by atoms with E-state index >= 15 is 0 Å². The van der Waals surface area contributed by atoms with Crippen LogP contribution in [0.15, 0.2) is 42.7 Å². The fraction of sp³-hybridized carbons (Fsp3) is 0.316. The standard InChI is InChI=1S/C19H20N4O2/c1-13(22-7-2-3-8-22)14-5-4-6-15(9-14)16-11-20-18-10-17(19(24)25)21-23(18)12-16/h4-6,9-13H,2-3,7-8H2,1H3,(H,24,25). The topological polar surface area (TPSA) is 70.7 Å². The molecule has 0 spiro atoms. The zero-order valence-electron chi connectivity index (χ0n) is 14.1. The third kappa shape index (κ3) is 3.00. The normalized spacial score (nSPS) is 16.4. The van der Waals surface area contributed by atoms with Crippen molar-refractivity contribution in [1.82, 2.24) is 19.5 Å². The summed E-state index contributed by atoms with van der Waals surface area (Å²) in [6.45, 7) is 4.56. The molecule has 0 radical (unpaired) electrons. The molecule has 25 heavy (non-hydrogen) atoms. The first kappa shape index (κ1) is 15.8. The van der Waals surface area contributed by atoms with Gasteiger partial charge in [-0.1, -0.05) is 18.2 Å². The van der Waals surface area contributed by atoms with Gasteiger partial charge in [-0.3, -0.25) is 4.90 Å². The minimum absolute atomic E-state index is 0.000978. The minimum atomic E-state index is -1.05. The molecule has 1 fully saturated rings. The monoisotopic (exact) mass is 336 g/mol. The Morgan fingerprint density at radius 1 is 1.20 bits per heavy atom. The van der Waals surface area contributed by atoms with E-state index in [9.17, 15) is 4.79 Å². The van der Waals surface area contributed by atoms with Gasteiger partial charge in [0.25, 0.3) is 0 Å². The quantitative estimate of drug-likeness (QED) is 0.792. The lowest BCUT2D eigenvalue weighted by Gasteiger charge is -2.24. The van der Waals surface area contributed by atoms with Gasteiger partial charge >= 0.3 is 5.97 Å². The molecule has 3 aromatic rings. The number of benzene rings is 1. The van der Waals surface area contributed by atoms with E-state index in [1.807, 2.05) is 12.3 Å². The molecule has 1 aliphatic rings. The number of aromatic carboxylic acids is 1. The molecule has 0 bridgehead atoms. The van der Waals surface area contributed by atoms with Crippen molar-refractivity contribution in [2.45, 2.75) is 25.8 Å². The summed E-state index contributed by atoms with van der Waals surface area (Å²) in [6, 6.07) is 10.3. The predicted molar refractivity (Wildman–Crippen MR) is 94.6 cm³/mol. The molecule has 4 rings (SSSR count). The zero-order valence-corrected chi connectivity index (χ0v) is 14.1. The van der Waals surface area contributed by atoms with E-state index in [-0.39, 0.29) is 5.69 Å². The number of nitrogens with zero attached hydrogens (tertiary/aromatic N) is 4. The van der Waals surface area contributed by atoms with Crippen molar-refractivity contribution in [2.75, 3.05) is 13.1 Å². The van der Waals surface area contributed by atoms with E-state index in [4.69, 9.17) is 5.11 Å². The molecule has 2 aromatic heterocycles. The molecule has 0 amide bonds. The van der Waals surface area contributed by atoms with Crippen LogP contribution in [-0.2, 0) is 0 Å². The third-order valence-corrected chi connectivity index (χ3v) is 4.92. The van der Waals surface area contributed by atoms with Crippen LogP contribution < -0.4 is 0 Å². The smallest absolute Gasteiger partial charge is 0.356 e. The summed E-state index contributed by atoms with van der Waals surface area (Å²) < 4.78 is 1.52. The summed E-state index contributed by atoms with van der Waals surface area (Å²) in [5, 5.41) is 13.1. The van der Waals surface area contributed by atoms with Gasteiger partial charge in [0.05, 0.1) is 0 Å². The minimum Gasteiger partial charge on any atom is -0.476 e. The fourth-order valence-electron chi connectivity index (χ4n) is 3.45. The van der Waals surface area contributed by atoms with Gasteiger partial charge in [-0.2, -0.15) is 5.10 Å². The Morgan fingerprint density at radius 2 is 2.00 bits per heavy atom. The molecule has 6 heteroatoms. The Hall–Kier alpha value is -2.73. The molecule has 0 saturated carbocycles. The molecule has 1 N–H and O–H groups in total. The van der Waals surface area contributed by atoms with Crippen LogP contribution in [0.3, 0.4) is 0 Å². The summed E-state index contributed by atoms with van der Waals surface area (Å²) >= 11 is 0. The van der Waals surface area contributed by atoms with Gasteiger partial charge < -0.3 is 5.11 Å². The SMILES string of the molecule is CC(c1cccc(-c2cnc3cc(C(=O)O)nn3c2)c1)N1CCCC1. The molecule has 3 heterocycles. The zero-order chi connectivity index (χ0) is 17.4.